The molecule has 98 valence electrons. The van der Waals surface area contributed by atoms with Crippen molar-refractivity contribution in [2.75, 3.05) is 5.32 Å². The number of benzene rings is 1. The first-order valence-electron chi connectivity index (χ1n) is 6.53. The minimum atomic E-state index is -0.346. The van der Waals surface area contributed by atoms with Crippen molar-refractivity contribution in [2.45, 2.75) is 31.7 Å². The molecule has 1 aliphatic rings. The van der Waals surface area contributed by atoms with E-state index in [0.717, 1.165) is 11.1 Å². The van der Waals surface area contributed by atoms with E-state index in [0.29, 0.717) is 11.4 Å². The Balaban J connectivity index is 2.05. The first-order valence-corrected chi connectivity index (χ1v) is 6.53. The molecule has 1 aliphatic carbocycles. The SMILES string of the molecule is O=[N+]([O-])c1ccc(NC2CCCC2)c2cnccc12. The normalized spacial score (nSPS) is 15.8. The maximum absolute atomic E-state index is 11.0. The molecule has 0 bridgehead atoms. The molecule has 1 saturated carbocycles. The topological polar surface area (TPSA) is 68.1 Å². The number of anilines is 1. The van der Waals surface area contributed by atoms with Crippen LogP contribution in [0.15, 0.2) is 30.6 Å². The Kier molecular flexibility index (Phi) is 3.03. The highest BCUT2D eigenvalue weighted by molar-refractivity contribution is 5.99. The smallest absolute Gasteiger partial charge is 0.277 e. The minimum absolute atomic E-state index is 0.134. The summed E-state index contributed by atoms with van der Waals surface area (Å²) in [5.41, 5.74) is 1.08. The molecule has 1 N–H and O–H groups in total. The number of rotatable bonds is 3. The van der Waals surface area contributed by atoms with Crippen LogP contribution in [-0.2, 0) is 0 Å². The van der Waals surface area contributed by atoms with Gasteiger partial charge in [0.1, 0.15) is 0 Å². The maximum atomic E-state index is 11.0. The molecule has 1 aromatic heterocycles. The molecule has 0 unspecified atom stereocenters. The van der Waals surface area contributed by atoms with E-state index in [1.165, 1.54) is 25.7 Å². The largest absolute Gasteiger partial charge is 0.382 e. The summed E-state index contributed by atoms with van der Waals surface area (Å²) in [5, 5.41) is 16.0. The predicted octanol–water partition coefficient (Wildman–Crippen LogP) is 3.50. The molecule has 0 saturated heterocycles. The van der Waals surface area contributed by atoms with Gasteiger partial charge in [0.05, 0.1) is 10.3 Å². The van der Waals surface area contributed by atoms with Crippen LogP contribution in [0.25, 0.3) is 10.8 Å². The van der Waals surface area contributed by atoms with Gasteiger partial charge >= 0.3 is 0 Å². The Bertz CT molecular complexity index is 621. The van der Waals surface area contributed by atoms with Crippen molar-refractivity contribution in [3.8, 4) is 0 Å². The monoisotopic (exact) mass is 257 g/mol. The van der Waals surface area contributed by atoms with Gasteiger partial charge in [-0.1, -0.05) is 12.8 Å². The van der Waals surface area contributed by atoms with Crippen LogP contribution in [0.3, 0.4) is 0 Å². The van der Waals surface area contributed by atoms with Crippen molar-refractivity contribution in [3.63, 3.8) is 0 Å². The fourth-order valence-electron chi connectivity index (χ4n) is 2.75. The second-order valence-electron chi connectivity index (χ2n) is 4.94. The molecular formula is C14H15N3O2. The lowest BCUT2D eigenvalue weighted by atomic mass is 10.1. The van der Waals surface area contributed by atoms with Crippen LogP contribution in [0.5, 0.6) is 0 Å². The molecule has 5 heteroatoms. The van der Waals surface area contributed by atoms with E-state index in [-0.39, 0.29) is 10.6 Å². The van der Waals surface area contributed by atoms with E-state index in [9.17, 15) is 10.1 Å². The molecule has 1 aromatic carbocycles. The average Bonchev–Trinajstić information content (AvgIpc) is 2.91. The summed E-state index contributed by atoms with van der Waals surface area (Å²) < 4.78 is 0. The number of nitrogens with zero attached hydrogens (tertiary/aromatic N) is 2. The van der Waals surface area contributed by atoms with E-state index in [4.69, 9.17) is 0 Å². The quantitative estimate of drug-likeness (QED) is 0.675. The Morgan fingerprint density at radius 1 is 1.21 bits per heavy atom. The molecule has 5 nitrogen and oxygen atoms in total. The number of hydrogen-bond acceptors (Lipinski definition) is 4. The van der Waals surface area contributed by atoms with Gasteiger partial charge in [-0.05, 0) is 25.0 Å². The predicted molar refractivity (Wildman–Crippen MR) is 74.3 cm³/mol. The van der Waals surface area contributed by atoms with Gasteiger partial charge in [0, 0.05) is 35.6 Å². The first-order chi connectivity index (χ1) is 9.25. The highest BCUT2D eigenvalue weighted by atomic mass is 16.6. The van der Waals surface area contributed by atoms with Crippen LogP contribution in [0.2, 0.25) is 0 Å². The lowest BCUT2D eigenvalue weighted by Gasteiger charge is -2.15. The third-order valence-electron chi connectivity index (χ3n) is 3.71. The summed E-state index contributed by atoms with van der Waals surface area (Å²) in [6.07, 6.45) is 8.12. The van der Waals surface area contributed by atoms with E-state index < -0.39 is 0 Å². The number of pyridine rings is 1. The third-order valence-corrected chi connectivity index (χ3v) is 3.71. The second-order valence-corrected chi connectivity index (χ2v) is 4.94. The number of nitrogens with one attached hydrogen (secondary N) is 1. The highest BCUT2D eigenvalue weighted by Gasteiger charge is 2.18. The Morgan fingerprint density at radius 2 is 2.00 bits per heavy atom. The van der Waals surface area contributed by atoms with E-state index in [1.807, 2.05) is 0 Å². The molecule has 0 spiro atoms. The van der Waals surface area contributed by atoms with Gasteiger partial charge in [-0.15, -0.1) is 0 Å². The van der Waals surface area contributed by atoms with Gasteiger partial charge in [-0.3, -0.25) is 15.1 Å². The van der Waals surface area contributed by atoms with Gasteiger partial charge in [0.25, 0.3) is 5.69 Å². The van der Waals surface area contributed by atoms with Crippen LogP contribution in [0.1, 0.15) is 25.7 Å². The number of aromatic nitrogens is 1. The van der Waals surface area contributed by atoms with Gasteiger partial charge in [-0.25, -0.2) is 0 Å². The van der Waals surface area contributed by atoms with E-state index >= 15 is 0 Å². The summed E-state index contributed by atoms with van der Waals surface area (Å²) in [4.78, 5) is 14.8. The highest BCUT2D eigenvalue weighted by Crippen LogP contribution is 2.32. The zero-order chi connectivity index (χ0) is 13.2. The summed E-state index contributed by atoms with van der Waals surface area (Å²) >= 11 is 0. The number of hydrogen-bond donors (Lipinski definition) is 1. The number of fused-ring (bicyclic) bond motifs is 1. The maximum Gasteiger partial charge on any atom is 0.277 e. The van der Waals surface area contributed by atoms with Crippen molar-refractivity contribution in [2.24, 2.45) is 0 Å². The van der Waals surface area contributed by atoms with Crippen LogP contribution in [0.4, 0.5) is 11.4 Å². The van der Waals surface area contributed by atoms with Crippen LogP contribution < -0.4 is 5.32 Å². The lowest BCUT2D eigenvalue weighted by Crippen LogP contribution is -2.14. The first kappa shape index (κ1) is 11.9. The molecular weight excluding hydrogens is 242 g/mol. The van der Waals surface area contributed by atoms with Crippen LogP contribution in [-0.4, -0.2) is 15.9 Å². The molecule has 1 heterocycles. The van der Waals surface area contributed by atoms with Gasteiger partial charge in [0.2, 0.25) is 0 Å². The summed E-state index contributed by atoms with van der Waals surface area (Å²) in [6.45, 7) is 0. The van der Waals surface area contributed by atoms with Crippen molar-refractivity contribution in [3.05, 3.63) is 40.7 Å². The number of nitro groups is 1. The third kappa shape index (κ3) is 2.23. The lowest BCUT2D eigenvalue weighted by molar-refractivity contribution is -0.383. The van der Waals surface area contributed by atoms with Gasteiger partial charge in [-0.2, -0.15) is 0 Å². The fourth-order valence-corrected chi connectivity index (χ4v) is 2.75. The van der Waals surface area contributed by atoms with Crippen LogP contribution in [0, 0.1) is 10.1 Å². The Morgan fingerprint density at radius 3 is 2.74 bits per heavy atom. The van der Waals surface area contributed by atoms with Crippen molar-refractivity contribution < 1.29 is 4.92 Å². The second kappa shape index (κ2) is 4.84. The van der Waals surface area contributed by atoms with Crippen molar-refractivity contribution in [1.82, 2.24) is 4.98 Å². The average molecular weight is 257 g/mol. The summed E-state index contributed by atoms with van der Waals surface area (Å²) in [5.74, 6) is 0. The van der Waals surface area contributed by atoms with E-state index in [1.54, 1.807) is 30.6 Å². The van der Waals surface area contributed by atoms with E-state index in [2.05, 4.69) is 10.3 Å². The standard InChI is InChI=1S/C14H15N3O2/c18-17(19)14-6-5-13(16-10-3-1-2-4-10)12-9-15-8-7-11(12)14/h5-10,16H,1-4H2. The van der Waals surface area contributed by atoms with Crippen LogP contribution >= 0.6 is 0 Å². The van der Waals surface area contributed by atoms with Crippen molar-refractivity contribution >= 4 is 22.1 Å². The van der Waals surface area contributed by atoms with Crippen molar-refractivity contribution in [1.29, 1.82) is 0 Å². The molecule has 0 aliphatic heterocycles. The zero-order valence-corrected chi connectivity index (χ0v) is 10.5. The molecule has 0 radical (unpaired) electrons. The zero-order valence-electron chi connectivity index (χ0n) is 10.5. The number of non-ortho nitro benzene ring substituents is 1. The Hall–Kier alpha value is -2.17. The molecule has 19 heavy (non-hydrogen) atoms. The Labute approximate surface area is 110 Å². The molecule has 0 amide bonds. The summed E-state index contributed by atoms with van der Waals surface area (Å²) in [6, 6.07) is 5.54. The molecule has 3 rings (SSSR count). The fraction of sp³-hybridized carbons (Fsp3) is 0.357. The molecule has 1 fully saturated rings. The van der Waals surface area contributed by atoms with Gasteiger partial charge in [0.15, 0.2) is 0 Å². The van der Waals surface area contributed by atoms with Gasteiger partial charge < -0.3 is 5.32 Å². The summed E-state index contributed by atoms with van der Waals surface area (Å²) in [7, 11) is 0. The minimum Gasteiger partial charge on any atom is -0.382 e. The molecule has 0 atom stereocenters. The molecule has 2 aromatic rings. The number of nitro benzene ring substituents is 1.